The first kappa shape index (κ1) is 23.8. The molecule has 146 valence electrons. The molecule has 2 rings (SSSR count). The van der Waals surface area contributed by atoms with Gasteiger partial charge in [0, 0.05) is 26.6 Å². The third kappa shape index (κ3) is 7.06. The fraction of sp³-hybridized carbons (Fsp3) is 0.333. The predicted molar refractivity (Wildman–Crippen MR) is 102 cm³/mol. The van der Waals surface area contributed by atoms with E-state index >= 15 is 0 Å². The van der Waals surface area contributed by atoms with Crippen LogP contribution in [0, 0.1) is 5.92 Å². The predicted octanol–water partition coefficient (Wildman–Crippen LogP) is 3.36. The van der Waals surface area contributed by atoms with Crippen molar-refractivity contribution in [2.45, 2.75) is 25.4 Å². The van der Waals surface area contributed by atoms with Gasteiger partial charge in [0.05, 0.1) is 13.5 Å². The van der Waals surface area contributed by atoms with Crippen molar-refractivity contribution < 1.29 is 48.8 Å². The van der Waals surface area contributed by atoms with E-state index in [1.165, 1.54) is 32.4 Å². The summed E-state index contributed by atoms with van der Waals surface area (Å²) in [5, 5.41) is 19.2. The average molecular weight is 438 g/mol. The van der Waals surface area contributed by atoms with Crippen molar-refractivity contribution in [1.82, 2.24) is 0 Å². The van der Waals surface area contributed by atoms with Gasteiger partial charge in [-0.3, -0.25) is 9.59 Å². The summed E-state index contributed by atoms with van der Waals surface area (Å²) in [6.07, 6.45) is 8.43. The quantitative estimate of drug-likeness (QED) is 0.368. The van der Waals surface area contributed by atoms with Crippen LogP contribution in [0.2, 0.25) is 0 Å². The Morgan fingerprint density at radius 1 is 1.18 bits per heavy atom. The number of aliphatic hydroxyl groups is 1. The Balaban J connectivity index is 0.00000392. The molecule has 0 spiro atoms. The van der Waals surface area contributed by atoms with Crippen LogP contribution in [-0.2, 0) is 33.8 Å². The first-order valence-corrected chi connectivity index (χ1v) is 8.63. The Kier molecular flexibility index (Phi) is 9.84. The van der Waals surface area contributed by atoms with Gasteiger partial charge >= 0.3 is 0 Å². The number of phenols is 1. The molecule has 1 aromatic carbocycles. The monoisotopic (exact) mass is 436 g/mol. The maximum atomic E-state index is 12.0. The molecule has 2 atom stereocenters. The summed E-state index contributed by atoms with van der Waals surface area (Å²) in [6, 6.07) is 4.71. The summed E-state index contributed by atoms with van der Waals surface area (Å²) in [7, 11) is 2.97. The van der Waals surface area contributed by atoms with Gasteiger partial charge in [-0.2, -0.15) is 0 Å². The largest absolute Gasteiger partial charge is 0.510 e. The van der Waals surface area contributed by atoms with Crippen molar-refractivity contribution >= 4 is 17.6 Å². The second-order valence-corrected chi connectivity index (χ2v) is 6.32. The SMILES string of the molecule is COc1cc(/C=C/C(=O)CC(=O)/C=C/C2CC=C(O)C(OC)C2)ccc1O.[Zn]. The molecule has 0 saturated carbocycles. The van der Waals surface area contributed by atoms with Crippen LogP contribution in [0.25, 0.3) is 6.08 Å². The van der Waals surface area contributed by atoms with E-state index in [4.69, 9.17) is 9.47 Å². The van der Waals surface area contributed by atoms with E-state index < -0.39 is 0 Å². The Morgan fingerprint density at radius 3 is 2.57 bits per heavy atom. The Bertz CT molecular complexity index is 781. The van der Waals surface area contributed by atoms with Gasteiger partial charge in [-0.1, -0.05) is 18.2 Å². The maximum Gasteiger partial charge on any atom is 0.163 e. The summed E-state index contributed by atoms with van der Waals surface area (Å²) in [5.41, 5.74) is 0.681. The molecule has 28 heavy (non-hydrogen) atoms. The van der Waals surface area contributed by atoms with Gasteiger partial charge in [0.2, 0.25) is 0 Å². The summed E-state index contributed by atoms with van der Waals surface area (Å²) in [4.78, 5) is 23.9. The van der Waals surface area contributed by atoms with Crippen LogP contribution in [-0.4, -0.2) is 42.1 Å². The minimum absolute atomic E-state index is 0. The van der Waals surface area contributed by atoms with E-state index in [-0.39, 0.29) is 61.0 Å². The van der Waals surface area contributed by atoms with Gasteiger partial charge in [0.15, 0.2) is 23.1 Å². The van der Waals surface area contributed by atoms with E-state index in [1.54, 1.807) is 30.4 Å². The van der Waals surface area contributed by atoms with Crippen LogP contribution >= 0.6 is 0 Å². The third-order valence-electron chi connectivity index (χ3n) is 4.33. The van der Waals surface area contributed by atoms with Crippen LogP contribution in [0.15, 0.2) is 48.3 Å². The molecule has 1 aromatic rings. The molecule has 0 bridgehead atoms. The molecule has 6 nitrogen and oxygen atoms in total. The molecule has 2 unspecified atom stereocenters. The number of aliphatic hydroxyl groups excluding tert-OH is 1. The van der Waals surface area contributed by atoms with Crippen molar-refractivity contribution in [1.29, 1.82) is 0 Å². The van der Waals surface area contributed by atoms with Crippen molar-refractivity contribution in [3.63, 3.8) is 0 Å². The molecule has 0 aliphatic heterocycles. The van der Waals surface area contributed by atoms with Crippen LogP contribution in [0.4, 0.5) is 0 Å². The topological polar surface area (TPSA) is 93.1 Å². The Morgan fingerprint density at radius 2 is 1.89 bits per heavy atom. The van der Waals surface area contributed by atoms with Gasteiger partial charge in [-0.25, -0.2) is 0 Å². The maximum absolute atomic E-state index is 12.0. The van der Waals surface area contributed by atoms with Crippen LogP contribution in [0.3, 0.4) is 0 Å². The molecular formula is C21H24O6Zn. The summed E-state index contributed by atoms with van der Waals surface area (Å²) in [6.45, 7) is 0. The zero-order valence-electron chi connectivity index (χ0n) is 16.1. The van der Waals surface area contributed by atoms with Crippen molar-refractivity contribution in [3.05, 3.63) is 53.8 Å². The Hall–Kier alpha value is -2.24. The third-order valence-corrected chi connectivity index (χ3v) is 4.33. The van der Waals surface area contributed by atoms with E-state index in [1.807, 2.05) is 0 Å². The van der Waals surface area contributed by atoms with Gasteiger partial charge in [0.25, 0.3) is 0 Å². The van der Waals surface area contributed by atoms with Crippen molar-refractivity contribution in [2.75, 3.05) is 14.2 Å². The van der Waals surface area contributed by atoms with E-state index in [0.29, 0.717) is 24.2 Å². The molecule has 0 radical (unpaired) electrons. The summed E-state index contributed by atoms with van der Waals surface area (Å²) in [5.74, 6) is 0.0475. The Labute approximate surface area is 177 Å². The number of carbonyl (C=O) groups excluding carboxylic acids is 2. The number of ketones is 2. The second kappa shape index (κ2) is 11.6. The molecule has 0 aromatic heterocycles. The number of methoxy groups -OCH3 is 2. The van der Waals surface area contributed by atoms with Gasteiger partial charge in [0.1, 0.15) is 11.9 Å². The van der Waals surface area contributed by atoms with Gasteiger partial charge < -0.3 is 19.7 Å². The number of allylic oxidation sites excluding steroid dienone is 4. The van der Waals surface area contributed by atoms with Crippen LogP contribution < -0.4 is 4.74 Å². The number of rotatable bonds is 8. The first-order valence-electron chi connectivity index (χ1n) is 8.63. The zero-order valence-corrected chi connectivity index (χ0v) is 19.1. The number of carbonyl (C=O) groups is 2. The number of benzene rings is 1. The smallest absolute Gasteiger partial charge is 0.163 e. The minimum atomic E-state index is -0.352. The van der Waals surface area contributed by atoms with E-state index in [0.717, 1.165) is 0 Å². The first-order chi connectivity index (χ1) is 12.9. The number of aromatic hydroxyl groups is 1. The normalized spacial score (nSPS) is 19.3. The molecule has 0 heterocycles. The molecule has 0 fully saturated rings. The van der Waals surface area contributed by atoms with Crippen molar-refractivity contribution in [2.24, 2.45) is 5.92 Å². The van der Waals surface area contributed by atoms with Gasteiger partial charge in [-0.15, -0.1) is 0 Å². The number of phenolic OH excluding ortho intramolecular Hbond substituents is 1. The van der Waals surface area contributed by atoms with Gasteiger partial charge in [-0.05, 0) is 54.7 Å². The molecule has 0 amide bonds. The molecule has 0 saturated heterocycles. The van der Waals surface area contributed by atoms with E-state index in [9.17, 15) is 19.8 Å². The minimum Gasteiger partial charge on any atom is -0.510 e. The molecule has 7 heteroatoms. The van der Waals surface area contributed by atoms with Crippen molar-refractivity contribution in [3.8, 4) is 11.5 Å². The fourth-order valence-corrected chi connectivity index (χ4v) is 2.79. The molecule has 1 aliphatic carbocycles. The zero-order chi connectivity index (χ0) is 19.8. The number of hydrogen-bond acceptors (Lipinski definition) is 6. The van der Waals surface area contributed by atoms with Crippen LogP contribution in [0.1, 0.15) is 24.8 Å². The molecular weight excluding hydrogens is 414 g/mol. The summed E-state index contributed by atoms with van der Waals surface area (Å²) < 4.78 is 10.2. The molecule has 2 N–H and O–H groups in total. The van der Waals surface area contributed by atoms with E-state index in [2.05, 4.69) is 0 Å². The van der Waals surface area contributed by atoms with Crippen LogP contribution in [0.5, 0.6) is 11.5 Å². The second-order valence-electron chi connectivity index (χ2n) is 6.32. The standard InChI is InChI=1S/C21H24O6.Zn/c1-26-20-11-14(5-9-18(20)24)3-7-16(22)13-17(23)8-4-15-6-10-19(25)21(12-15)27-2;/h3-5,7-11,15,21,24-25H,6,12-13H2,1-2H3;/b7-3+,8-4+;. The average Bonchev–Trinajstić information content (AvgIpc) is 2.66. The summed E-state index contributed by atoms with van der Waals surface area (Å²) >= 11 is 0. The molecule has 1 aliphatic rings. The number of ether oxygens (including phenoxy) is 2. The fourth-order valence-electron chi connectivity index (χ4n) is 2.79. The number of hydrogen-bond donors (Lipinski definition) is 2.